The number of para-hydroxylation sites is 1. The molecular formula is C14H17F2N3O. The number of halogens is 2. The minimum Gasteiger partial charge on any atom is -0.434 e. The van der Waals surface area contributed by atoms with Crippen LogP contribution in [0.5, 0.6) is 5.75 Å². The summed E-state index contributed by atoms with van der Waals surface area (Å²) in [5.74, 6) is 3.09. The highest BCUT2D eigenvalue weighted by atomic mass is 19.3. The van der Waals surface area contributed by atoms with Crippen molar-refractivity contribution in [2.24, 2.45) is 4.99 Å². The maximum absolute atomic E-state index is 12.3. The van der Waals surface area contributed by atoms with Crippen LogP contribution in [0.2, 0.25) is 0 Å². The second kappa shape index (κ2) is 8.75. The van der Waals surface area contributed by atoms with Crippen molar-refractivity contribution in [3.05, 3.63) is 29.8 Å². The molecule has 0 amide bonds. The lowest BCUT2D eigenvalue weighted by Crippen LogP contribution is -2.37. The van der Waals surface area contributed by atoms with Gasteiger partial charge in [-0.15, -0.1) is 6.42 Å². The molecule has 0 aliphatic heterocycles. The van der Waals surface area contributed by atoms with Crippen LogP contribution in [0.1, 0.15) is 12.5 Å². The lowest BCUT2D eigenvalue weighted by Gasteiger charge is -2.11. The minimum absolute atomic E-state index is 0.124. The van der Waals surface area contributed by atoms with E-state index in [0.29, 0.717) is 24.6 Å². The fraction of sp³-hybridized carbons (Fsp3) is 0.357. The zero-order valence-electron chi connectivity index (χ0n) is 11.2. The smallest absolute Gasteiger partial charge is 0.387 e. The topological polar surface area (TPSA) is 45.7 Å². The van der Waals surface area contributed by atoms with Gasteiger partial charge in [-0.3, -0.25) is 0 Å². The number of terminal acetylenes is 1. The van der Waals surface area contributed by atoms with Crippen LogP contribution in [0.3, 0.4) is 0 Å². The third kappa shape index (κ3) is 5.57. The number of alkyl halides is 2. The number of hydrogen-bond acceptors (Lipinski definition) is 2. The van der Waals surface area contributed by atoms with Crippen LogP contribution in [-0.2, 0) is 6.54 Å². The average molecular weight is 281 g/mol. The quantitative estimate of drug-likeness (QED) is 0.476. The molecule has 20 heavy (non-hydrogen) atoms. The molecule has 0 saturated carbocycles. The zero-order chi connectivity index (χ0) is 14.8. The van der Waals surface area contributed by atoms with Crippen molar-refractivity contribution in [1.29, 1.82) is 0 Å². The second-order valence-corrected chi connectivity index (χ2v) is 3.74. The van der Waals surface area contributed by atoms with Gasteiger partial charge in [0.2, 0.25) is 0 Å². The molecule has 4 nitrogen and oxygen atoms in total. The average Bonchev–Trinajstić information content (AvgIpc) is 2.42. The van der Waals surface area contributed by atoms with E-state index in [1.165, 1.54) is 6.07 Å². The Kier molecular flexibility index (Phi) is 6.90. The van der Waals surface area contributed by atoms with Gasteiger partial charge in [-0.05, 0) is 13.0 Å². The molecular weight excluding hydrogens is 264 g/mol. The van der Waals surface area contributed by atoms with E-state index < -0.39 is 6.61 Å². The van der Waals surface area contributed by atoms with Gasteiger partial charge in [0.15, 0.2) is 5.96 Å². The first-order chi connectivity index (χ1) is 9.67. The number of nitrogens with zero attached hydrogens (tertiary/aromatic N) is 1. The summed E-state index contributed by atoms with van der Waals surface area (Å²) in [6.45, 7) is 0.281. The number of ether oxygens (including phenoxy) is 1. The molecule has 0 fully saturated rings. The highest BCUT2D eigenvalue weighted by molar-refractivity contribution is 5.80. The third-order valence-corrected chi connectivity index (χ3v) is 2.30. The van der Waals surface area contributed by atoms with Gasteiger partial charge in [0.25, 0.3) is 0 Å². The Balaban J connectivity index is 2.77. The molecule has 1 rings (SSSR count). The Hall–Kier alpha value is -2.29. The van der Waals surface area contributed by atoms with Crippen LogP contribution in [0.15, 0.2) is 29.3 Å². The van der Waals surface area contributed by atoms with Gasteiger partial charge in [0, 0.05) is 12.1 Å². The molecule has 0 unspecified atom stereocenters. The van der Waals surface area contributed by atoms with Crippen LogP contribution >= 0.6 is 0 Å². The van der Waals surface area contributed by atoms with Crippen molar-refractivity contribution in [2.45, 2.75) is 20.1 Å². The number of guanidine groups is 1. The first-order valence-corrected chi connectivity index (χ1v) is 6.15. The molecule has 108 valence electrons. The van der Waals surface area contributed by atoms with Crippen molar-refractivity contribution in [1.82, 2.24) is 10.6 Å². The summed E-state index contributed by atoms with van der Waals surface area (Å²) in [7, 11) is 0. The highest BCUT2D eigenvalue weighted by Crippen LogP contribution is 2.20. The molecule has 0 aliphatic rings. The first-order valence-electron chi connectivity index (χ1n) is 6.15. The standard InChI is InChI=1S/C14H17F2N3O/c1-3-9-18-14(17-4-2)19-10-11-7-5-6-8-12(11)20-13(15)16/h1,5-8,13H,4,9-10H2,2H3,(H2,17,18,19). The van der Waals surface area contributed by atoms with Crippen molar-refractivity contribution in [3.63, 3.8) is 0 Å². The van der Waals surface area contributed by atoms with Gasteiger partial charge in [0.05, 0.1) is 13.1 Å². The van der Waals surface area contributed by atoms with Crippen LogP contribution in [-0.4, -0.2) is 25.7 Å². The van der Waals surface area contributed by atoms with E-state index in [1.807, 2.05) is 6.92 Å². The number of aliphatic imine (C=N–C) groups is 1. The molecule has 0 aromatic heterocycles. The SMILES string of the molecule is C#CCNC(=NCc1ccccc1OC(F)F)NCC. The van der Waals surface area contributed by atoms with Crippen LogP contribution in [0.25, 0.3) is 0 Å². The summed E-state index contributed by atoms with van der Waals surface area (Å²) in [5.41, 5.74) is 0.575. The van der Waals surface area contributed by atoms with Crippen LogP contribution < -0.4 is 15.4 Å². The van der Waals surface area contributed by atoms with Crippen LogP contribution in [0, 0.1) is 12.3 Å². The van der Waals surface area contributed by atoms with Crippen molar-refractivity contribution in [2.75, 3.05) is 13.1 Å². The van der Waals surface area contributed by atoms with Gasteiger partial charge >= 0.3 is 6.61 Å². The summed E-state index contributed by atoms with van der Waals surface area (Å²) in [5, 5.41) is 5.92. The summed E-state index contributed by atoms with van der Waals surface area (Å²) < 4.78 is 29.0. The Labute approximate surface area is 117 Å². The summed E-state index contributed by atoms with van der Waals surface area (Å²) in [6, 6.07) is 6.54. The molecule has 6 heteroatoms. The monoisotopic (exact) mass is 281 g/mol. The molecule has 0 spiro atoms. The van der Waals surface area contributed by atoms with Gasteiger partial charge in [-0.2, -0.15) is 8.78 Å². The van der Waals surface area contributed by atoms with E-state index >= 15 is 0 Å². The normalized spacial score (nSPS) is 11.1. The Morgan fingerprint density at radius 1 is 1.40 bits per heavy atom. The van der Waals surface area contributed by atoms with Gasteiger partial charge in [-0.1, -0.05) is 24.1 Å². The fourth-order valence-corrected chi connectivity index (χ4v) is 1.49. The second-order valence-electron chi connectivity index (χ2n) is 3.74. The molecule has 1 aromatic rings. The largest absolute Gasteiger partial charge is 0.434 e. The maximum atomic E-state index is 12.3. The molecule has 0 saturated heterocycles. The Morgan fingerprint density at radius 3 is 2.80 bits per heavy atom. The molecule has 2 N–H and O–H groups in total. The molecule has 0 atom stereocenters. The molecule has 0 radical (unpaired) electrons. The predicted octanol–water partition coefficient (Wildman–Crippen LogP) is 1.98. The number of hydrogen-bond donors (Lipinski definition) is 2. The molecule has 1 aromatic carbocycles. The van der Waals surface area contributed by atoms with Crippen LogP contribution in [0.4, 0.5) is 8.78 Å². The van der Waals surface area contributed by atoms with Gasteiger partial charge in [0.1, 0.15) is 5.75 Å². The Bertz CT molecular complexity index is 484. The van der Waals surface area contributed by atoms with E-state index in [9.17, 15) is 8.78 Å². The number of benzene rings is 1. The lowest BCUT2D eigenvalue weighted by atomic mass is 10.2. The van der Waals surface area contributed by atoms with Gasteiger partial charge in [-0.25, -0.2) is 4.99 Å². The molecule has 0 aliphatic carbocycles. The maximum Gasteiger partial charge on any atom is 0.387 e. The zero-order valence-corrected chi connectivity index (χ0v) is 11.2. The fourth-order valence-electron chi connectivity index (χ4n) is 1.49. The summed E-state index contributed by atoms with van der Waals surface area (Å²) in [6.07, 6.45) is 5.16. The van der Waals surface area contributed by atoms with Crippen molar-refractivity contribution in [3.8, 4) is 18.1 Å². The highest BCUT2D eigenvalue weighted by Gasteiger charge is 2.08. The van der Waals surface area contributed by atoms with Crippen molar-refractivity contribution < 1.29 is 13.5 Å². The third-order valence-electron chi connectivity index (χ3n) is 2.30. The van der Waals surface area contributed by atoms with E-state index in [0.717, 1.165) is 0 Å². The van der Waals surface area contributed by atoms with Gasteiger partial charge < -0.3 is 15.4 Å². The molecule has 0 bridgehead atoms. The summed E-state index contributed by atoms with van der Waals surface area (Å²) >= 11 is 0. The lowest BCUT2D eigenvalue weighted by molar-refractivity contribution is -0.0504. The first kappa shape index (κ1) is 15.8. The van der Waals surface area contributed by atoms with E-state index in [1.54, 1.807) is 18.2 Å². The predicted molar refractivity (Wildman–Crippen MR) is 74.7 cm³/mol. The van der Waals surface area contributed by atoms with Crippen molar-refractivity contribution >= 4 is 5.96 Å². The van der Waals surface area contributed by atoms with E-state index in [-0.39, 0.29) is 12.3 Å². The van der Waals surface area contributed by atoms with E-state index in [4.69, 9.17) is 6.42 Å². The number of nitrogens with one attached hydrogen (secondary N) is 2. The number of rotatable bonds is 6. The molecule has 0 heterocycles. The summed E-state index contributed by atoms with van der Waals surface area (Å²) in [4.78, 5) is 4.26. The Morgan fingerprint density at radius 2 is 2.15 bits per heavy atom. The minimum atomic E-state index is -2.85. The van der Waals surface area contributed by atoms with E-state index in [2.05, 4.69) is 26.3 Å².